The van der Waals surface area contributed by atoms with Gasteiger partial charge in [0.25, 0.3) is 0 Å². The fraction of sp³-hybridized carbons (Fsp3) is 0.111. The van der Waals surface area contributed by atoms with E-state index in [-0.39, 0.29) is 5.69 Å². The molecule has 5 heteroatoms. The summed E-state index contributed by atoms with van der Waals surface area (Å²) in [7, 11) is 0. The van der Waals surface area contributed by atoms with Gasteiger partial charge in [-0.05, 0) is 40.5 Å². The molecule has 0 saturated carbocycles. The summed E-state index contributed by atoms with van der Waals surface area (Å²) in [5, 5.41) is 15.9. The van der Waals surface area contributed by atoms with Gasteiger partial charge < -0.3 is 5.11 Å². The third kappa shape index (κ3) is 1.29. The molecule has 0 atom stereocenters. The van der Waals surface area contributed by atoms with Crippen LogP contribution in [0.4, 0.5) is 0 Å². The molecule has 0 amide bonds. The number of H-pyrrole nitrogens is 1. The number of aryl methyl sites for hydroxylation is 1. The molecule has 2 N–H and O–H groups in total. The fourth-order valence-corrected chi connectivity index (χ4v) is 2.04. The first kappa shape index (κ1) is 9.21. The third-order valence-electron chi connectivity index (χ3n) is 1.97. The minimum atomic E-state index is -0.995. The van der Waals surface area contributed by atoms with E-state index in [1.165, 1.54) is 0 Å². The SMILES string of the molecule is Cc1cc(Br)c2n[nH]c(C(=O)O)c2c1. The van der Waals surface area contributed by atoms with Gasteiger partial charge in [0.15, 0.2) is 5.69 Å². The van der Waals surface area contributed by atoms with Crippen molar-refractivity contribution in [2.24, 2.45) is 0 Å². The van der Waals surface area contributed by atoms with Gasteiger partial charge in [0, 0.05) is 9.86 Å². The Balaban J connectivity index is 2.85. The standard InChI is InChI=1S/C9H7BrN2O2/c1-4-2-5-7(6(10)3-4)11-12-8(5)9(13)14/h2-3H,1H3,(H,11,12)(H,13,14). The molecular formula is C9H7BrN2O2. The minimum Gasteiger partial charge on any atom is -0.477 e. The van der Waals surface area contributed by atoms with E-state index in [4.69, 9.17) is 5.11 Å². The van der Waals surface area contributed by atoms with E-state index in [9.17, 15) is 4.79 Å². The van der Waals surface area contributed by atoms with Crippen molar-refractivity contribution in [3.63, 3.8) is 0 Å². The average molecular weight is 255 g/mol. The first-order chi connectivity index (χ1) is 6.59. The number of aromatic amines is 1. The molecule has 0 bridgehead atoms. The molecule has 1 aromatic carbocycles. The molecule has 0 saturated heterocycles. The Morgan fingerprint density at radius 1 is 1.57 bits per heavy atom. The second-order valence-corrected chi connectivity index (χ2v) is 3.90. The molecule has 1 aromatic heterocycles. The predicted molar refractivity (Wildman–Crippen MR) is 55.5 cm³/mol. The van der Waals surface area contributed by atoms with Crippen molar-refractivity contribution in [1.29, 1.82) is 0 Å². The number of rotatable bonds is 1. The number of halogens is 1. The van der Waals surface area contributed by atoms with Crippen LogP contribution in [0.1, 0.15) is 16.1 Å². The second kappa shape index (κ2) is 3.09. The Morgan fingerprint density at radius 3 is 2.93 bits per heavy atom. The van der Waals surface area contributed by atoms with E-state index in [1.54, 1.807) is 6.07 Å². The highest BCUT2D eigenvalue weighted by molar-refractivity contribution is 9.10. The molecule has 0 aliphatic rings. The quantitative estimate of drug-likeness (QED) is 0.821. The molecule has 2 rings (SSSR count). The maximum atomic E-state index is 10.8. The Kier molecular flexibility index (Phi) is 2.03. The smallest absolute Gasteiger partial charge is 0.354 e. The van der Waals surface area contributed by atoms with Crippen LogP contribution in [0.25, 0.3) is 10.9 Å². The van der Waals surface area contributed by atoms with Crippen molar-refractivity contribution in [1.82, 2.24) is 10.2 Å². The maximum Gasteiger partial charge on any atom is 0.354 e. The van der Waals surface area contributed by atoms with Crippen LogP contribution < -0.4 is 0 Å². The number of nitrogens with one attached hydrogen (secondary N) is 1. The Bertz CT molecular complexity index is 519. The number of carboxylic acid groups (broad SMARTS) is 1. The van der Waals surface area contributed by atoms with Crippen molar-refractivity contribution in [3.8, 4) is 0 Å². The number of hydrogen-bond acceptors (Lipinski definition) is 2. The van der Waals surface area contributed by atoms with Gasteiger partial charge in [-0.1, -0.05) is 0 Å². The lowest BCUT2D eigenvalue weighted by atomic mass is 10.1. The summed E-state index contributed by atoms with van der Waals surface area (Å²) in [6.45, 7) is 1.91. The van der Waals surface area contributed by atoms with Crippen LogP contribution in [-0.2, 0) is 0 Å². The topological polar surface area (TPSA) is 66.0 Å². The van der Waals surface area contributed by atoms with Crippen molar-refractivity contribution in [2.75, 3.05) is 0 Å². The highest BCUT2D eigenvalue weighted by atomic mass is 79.9. The zero-order chi connectivity index (χ0) is 10.3. The normalized spacial score (nSPS) is 10.7. The lowest BCUT2D eigenvalue weighted by molar-refractivity contribution is 0.0692. The summed E-state index contributed by atoms with van der Waals surface area (Å²) in [5.41, 5.74) is 1.77. The van der Waals surface area contributed by atoms with Gasteiger partial charge in [-0.3, -0.25) is 5.10 Å². The third-order valence-corrected chi connectivity index (χ3v) is 2.57. The first-order valence-corrected chi connectivity index (χ1v) is 4.76. The number of hydrogen-bond donors (Lipinski definition) is 2. The zero-order valence-corrected chi connectivity index (χ0v) is 8.92. The maximum absolute atomic E-state index is 10.8. The van der Waals surface area contributed by atoms with Gasteiger partial charge in [-0.15, -0.1) is 0 Å². The summed E-state index contributed by atoms with van der Waals surface area (Å²) in [5.74, 6) is -0.995. The van der Waals surface area contributed by atoms with Crippen molar-refractivity contribution in [2.45, 2.75) is 6.92 Å². The highest BCUT2D eigenvalue weighted by Gasteiger charge is 2.13. The van der Waals surface area contributed by atoms with Crippen LogP contribution in [-0.4, -0.2) is 21.3 Å². The van der Waals surface area contributed by atoms with Gasteiger partial charge >= 0.3 is 5.97 Å². The highest BCUT2D eigenvalue weighted by Crippen LogP contribution is 2.25. The zero-order valence-electron chi connectivity index (χ0n) is 7.34. The van der Waals surface area contributed by atoms with Crippen LogP contribution in [0.2, 0.25) is 0 Å². The number of fused-ring (bicyclic) bond motifs is 1. The van der Waals surface area contributed by atoms with E-state index in [0.29, 0.717) is 10.9 Å². The molecule has 0 unspecified atom stereocenters. The average Bonchev–Trinajstić information content (AvgIpc) is 2.47. The lowest BCUT2D eigenvalue weighted by Gasteiger charge is -1.96. The van der Waals surface area contributed by atoms with E-state index < -0.39 is 5.97 Å². The first-order valence-electron chi connectivity index (χ1n) is 3.97. The Labute approximate surface area is 88.1 Å². The number of nitrogens with zero attached hydrogens (tertiary/aromatic N) is 1. The summed E-state index contributed by atoms with van der Waals surface area (Å²) in [4.78, 5) is 10.8. The molecule has 1 heterocycles. The van der Waals surface area contributed by atoms with Gasteiger partial charge in [0.2, 0.25) is 0 Å². The van der Waals surface area contributed by atoms with Gasteiger partial charge in [-0.2, -0.15) is 5.10 Å². The van der Waals surface area contributed by atoms with E-state index in [1.807, 2.05) is 13.0 Å². The van der Waals surface area contributed by atoms with E-state index >= 15 is 0 Å². The molecule has 2 aromatic rings. The number of carbonyl (C=O) groups is 1. The molecule has 4 nitrogen and oxygen atoms in total. The fourth-order valence-electron chi connectivity index (χ4n) is 1.37. The van der Waals surface area contributed by atoms with Crippen LogP contribution in [0.15, 0.2) is 16.6 Å². The molecular weight excluding hydrogens is 248 g/mol. The molecule has 0 fully saturated rings. The molecule has 14 heavy (non-hydrogen) atoms. The molecule has 0 radical (unpaired) electrons. The number of carboxylic acids is 1. The summed E-state index contributed by atoms with van der Waals surface area (Å²) >= 11 is 3.33. The van der Waals surface area contributed by atoms with Crippen molar-refractivity contribution in [3.05, 3.63) is 27.9 Å². The summed E-state index contributed by atoms with van der Waals surface area (Å²) in [6, 6.07) is 3.70. The van der Waals surface area contributed by atoms with Crippen LogP contribution in [0.3, 0.4) is 0 Å². The summed E-state index contributed by atoms with van der Waals surface area (Å²) < 4.78 is 0.802. The summed E-state index contributed by atoms with van der Waals surface area (Å²) in [6.07, 6.45) is 0. The molecule has 0 aliphatic heterocycles. The molecule has 0 aliphatic carbocycles. The van der Waals surface area contributed by atoms with Gasteiger partial charge in [0.1, 0.15) is 5.52 Å². The van der Waals surface area contributed by atoms with Gasteiger partial charge in [0.05, 0.1) is 0 Å². The van der Waals surface area contributed by atoms with E-state index in [2.05, 4.69) is 26.1 Å². The largest absolute Gasteiger partial charge is 0.477 e. The Morgan fingerprint density at radius 2 is 2.29 bits per heavy atom. The lowest BCUT2D eigenvalue weighted by Crippen LogP contribution is -1.96. The number of aromatic carboxylic acids is 1. The number of aromatic nitrogens is 2. The van der Waals surface area contributed by atoms with Crippen LogP contribution in [0, 0.1) is 6.92 Å². The van der Waals surface area contributed by atoms with Gasteiger partial charge in [-0.25, -0.2) is 4.79 Å². The number of benzene rings is 1. The Hall–Kier alpha value is -1.36. The van der Waals surface area contributed by atoms with Crippen LogP contribution >= 0.6 is 15.9 Å². The second-order valence-electron chi connectivity index (χ2n) is 3.05. The molecule has 72 valence electrons. The molecule has 0 spiro atoms. The van der Waals surface area contributed by atoms with E-state index in [0.717, 1.165) is 10.0 Å². The van der Waals surface area contributed by atoms with Crippen molar-refractivity contribution < 1.29 is 9.90 Å². The monoisotopic (exact) mass is 254 g/mol. The van der Waals surface area contributed by atoms with Crippen molar-refractivity contribution >= 4 is 32.8 Å². The predicted octanol–water partition coefficient (Wildman–Crippen LogP) is 2.33. The van der Waals surface area contributed by atoms with Crippen LogP contribution in [0.5, 0.6) is 0 Å². The minimum absolute atomic E-state index is 0.129.